The Hall–Kier alpha value is -0.660. The van der Waals surface area contributed by atoms with E-state index in [4.69, 9.17) is 23.7 Å². The van der Waals surface area contributed by atoms with Gasteiger partial charge in [-0.15, -0.1) is 0 Å². The van der Waals surface area contributed by atoms with Gasteiger partial charge in [-0.25, -0.2) is 0 Å². The van der Waals surface area contributed by atoms with Crippen molar-refractivity contribution < 1.29 is 28.8 Å². The summed E-state index contributed by atoms with van der Waals surface area (Å²) in [7, 11) is 0. The molecule has 0 aliphatic heterocycles. The molecule has 0 radical (unpaired) electrons. The number of ether oxygens (including phenoxy) is 5. The van der Waals surface area contributed by atoms with Crippen molar-refractivity contribution in [3.8, 4) is 0 Å². The predicted molar refractivity (Wildman–Crippen MR) is 99.1 cm³/mol. The topological polar surface area (TPSA) is 66.4 Å². The Morgan fingerprint density at radius 2 is 1.19 bits per heavy atom. The van der Waals surface area contributed by atoms with Crippen LogP contribution in [0, 0.1) is 0 Å². The molecule has 0 saturated heterocycles. The second-order valence-corrected chi connectivity index (χ2v) is 7.01. The Labute approximate surface area is 157 Å². The van der Waals surface area contributed by atoms with Crippen molar-refractivity contribution in [2.24, 2.45) is 0 Å². The van der Waals surface area contributed by atoms with Gasteiger partial charge in [0.2, 0.25) is 0 Å². The van der Waals surface area contributed by atoms with E-state index in [0.717, 1.165) is 38.5 Å². The summed E-state index contributed by atoms with van der Waals surface area (Å²) in [4.78, 5) is 0. The highest BCUT2D eigenvalue weighted by molar-refractivity contribution is 4.77. The fourth-order valence-corrected chi connectivity index (χ4v) is 3.67. The molecule has 0 aromatic carbocycles. The Morgan fingerprint density at radius 1 is 0.692 bits per heavy atom. The van der Waals surface area contributed by atoms with Gasteiger partial charge in [0.25, 0.3) is 0 Å². The average molecular weight is 373 g/mol. The summed E-state index contributed by atoms with van der Waals surface area (Å²) < 4.78 is 28.3. The van der Waals surface area contributed by atoms with Crippen LogP contribution in [0.25, 0.3) is 0 Å². The molecule has 2 fully saturated rings. The van der Waals surface area contributed by atoms with Gasteiger partial charge in [-0.3, -0.25) is 0 Å². The Balaban J connectivity index is 1.48. The molecule has 2 rings (SSSR count). The van der Waals surface area contributed by atoms with E-state index >= 15 is 0 Å². The van der Waals surface area contributed by atoms with Gasteiger partial charge in [-0.2, -0.15) is 0 Å². The molecular formula is C20H36O6. The minimum Gasteiger partial charge on any atom is -0.499 e. The molecule has 26 heavy (non-hydrogen) atoms. The zero-order chi connectivity index (χ0) is 18.5. The third-order valence-corrected chi connectivity index (χ3v) is 5.08. The zero-order valence-electron chi connectivity index (χ0n) is 16.0. The number of hydrogen-bond donors (Lipinski definition) is 1. The molecule has 0 aromatic rings. The van der Waals surface area contributed by atoms with Crippen LogP contribution in [0.15, 0.2) is 12.8 Å². The van der Waals surface area contributed by atoms with Crippen LogP contribution in [0.4, 0.5) is 0 Å². The van der Waals surface area contributed by atoms with Crippen LogP contribution in [0.5, 0.6) is 0 Å². The summed E-state index contributed by atoms with van der Waals surface area (Å²) >= 11 is 0. The van der Waals surface area contributed by atoms with Crippen LogP contribution in [0.2, 0.25) is 0 Å². The largest absolute Gasteiger partial charge is 0.499 e. The SMILES string of the molecule is C=COCCOC1CCCCC1OCCOCCOC1CCCCC1O. The molecule has 0 spiro atoms. The molecule has 1 N–H and O–H groups in total. The molecular weight excluding hydrogens is 336 g/mol. The molecule has 4 unspecified atom stereocenters. The van der Waals surface area contributed by atoms with Crippen molar-refractivity contribution in [3.05, 3.63) is 12.8 Å². The Bertz CT molecular complexity index is 364. The van der Waals surface area contributed by atoms with E-state index in [1.165, 1.54) is 19.1 Å². The molecule has 4 atom stereocenters. The van der Waals surface area contributed by atoms with Gasteiger partial charge in [0.15, 0.2) is 0 Å². The molecule has 6 nitrogen and oxygen atoms in total. The third-order valence-electron chi connectivity index (χ3n) is 5.08. The lowest BCUT2D eigenvalue weighted by atomic mass is 9.94. The standard InChI is InChI=1S/C20H36O6/c1-2-22-11-14-25-19-9-5-6-10-20(19)26-16-13-23-12-15-24-18-8-4-3-7-17(18)21/h2,17-21H,1,3-16H2. The molecule has 2 saturated carbocycles. The van der Waals surface area contributed by atoms with E-state index in [9.17, 15) is 5.11 Å². The summed E-state index contributed by atoms with van der Waals surface area (Å²) in [6.45, 7) is 6.81. The highest BCUT2D eigenvalue weighted by atomic mass is 16.6. The van der Waals surface area contributed by atoms with Crippen LogP contribution in [-0.4, -0.2) is 69.2 Å². The van der Waals surface area contributed by atoms with Crippen molar-refractivity contribution in [3.63, 3.8) is 0 Å². The Kier molecular flexibility index (Phi) is 11.2. The molecule has 2 aliphatic rings. The van der Waals surface area contributed by atoms with Crippen LogP contribution in [0.3, 0.4) is 0 Å². The van der Waals surface area contributed by atoms with Gasteiger partial charge in [-0.05, 0) is 25.7 Å². The van der Waals surface area contributed by atoms with Gasteiger partial charge in [0.1, 0.15) is 6.61 Å². The first kappa shape index (κ1) is 21.6. The van der Waals surface area contributed by atoms with Gasteiger partial charge in [0.05, 0.1) is 63.7 Å². The minimum absolute atomic E-state index is 0.0196. The maximum atomic E-state index is 9.86. The predicted octanol–water partition coefficient (Wildman–Crippen LogP) is 2.83. The van der Waals surface area contributed by atoms with E-state index in [1.807, 2.05) is 0 Å². The fourth-order valence-electron chi connectivity index (χ4n) is 3.67. The van der Waals surface area contributed by atoms with E-state index < -0.39 is 0 Å². The highest BCUT2D eigenvalue weighted by Gasteiger charge is 2.26. The summed E-state index contributed by atoms with van der Waals surface area (Å²) in [5.74, 6) is 0. The van der Waals surface area contributed by atoms with E-state index in [0.29, 0.717) is 39.6 Å². The van der Waals surface area contributed by atoms with Gasteiger partial charge in [0, 0.05) is 0 Å². The lowest BCUT2D eigenvalue weighted by Gasteiger charge is -2.31. The lowest BCUT2D eigenvalue weighted by molar-refractivity contribution is -0.111. The number of rotatable bonds is 13. The summed E-state index contributed by atoms with van der Waals surface area (Å²) in [5.41, 5.74) is 0. The molecule has 152 valence electrons. The maximum Gasteiger partial charge on any atom is 0.111 e. The molecule has 0 bridgehead atoms. The quantitative estimate of drug-likeness (QED) is 0.396. The minimum atomic E-state index is -0.313. The Morgan fingerprint density at radius 3 is 1.77 bits per heavy atom. The van der Waals surface area contributed by atoms with Crippen molar-refractivity contribution >= 4 is 0 Å². The number of aliphatic hydroxyl groups excluding tert-OH is 1. The maximum absolute atomic E-state index is 9.86. The van der Waals surface area contributed by atoms with E-state index in [2.05, 4.69) is 6.58 Å². The number of aliphatic hydroxyl groups is 1. The first-order valence-corrected chi connectivity index (χ1v) is 10.1. The van der Waals surface area contributed by atoms with Crippen LogP contribution < -0.4 is 0 Å². The first-order valence-electron chi connectivity index (χ1n) is 10.1. The van der Waals surface area contributed by atoms with Crippen LogP contribution >= 0.6 is 0 Å². The summed E-state index contributed by atoms with van der Waals surface area (Å²) in [6.07, 6.45) is 9.89. The fraction of sp³-hybridized carbons (Fsp3) is 0.900. The highest BCUT2D eigenvalue weighted by Crippen LogP contribution is 2.24. The van der Waals surface area contributed by atoms with E-state index in [-0.39, 0.29) is 24.4 Å². The van der Waals surface area contributed by atoms with Crippen molar-refractivity contribution in [1.82, 2.24) is 0 Å². The molecule has 0 heterocycles. The zero-order valence-corrected chi connectivity index (χ0v) is 16.0. The second-order valence-electron chi connectivity index (χ2n) is 7.01. The van der Waals surface area contributed by atoms with Crippen LogP contribution in [-0.2, 0) is 23.7 Å². The smallest absolute Gasteiger partial charge is 0.111 e. The average Bonchev–Trinajstić information content (AvgIpc) is 2.67. The van der Waals surface area contributed by atoms with Crippen LogP contribution in [0.1, 0.15) is 51.4 Å². The molecule has 0 amide bonds. The van der Waals surface area contributed by atoms with Gasteiger partial charge in [-0.1, -0.05) is 32.3 Å². The van der Waals surface area contributed by atoms with Crippen molar-refractivity contribution in [2.75, 3.05) is 39.6 Å². The first-order chi connectivity index (χ1) is 12.8. The number of hydrogen-bond acceptors (Lipinski definition) is 6. The van der Waals surface area contributed by atoms with E-state index in [1.54, 1.807) is 0 Å². The van der Waals surface area contributed by atoms with Gasteiger partial charge < -0.3 is 28.8 Å². The second kappa shape index (κ2) is 13.5. The lowest BCUT2D eigenvalue weighted by Crippen LogP contribution is -2.36. The third kappa shape index (κ3) is 8.35. The summed E-state index contributed by atoms with van der Waals surface area (Å²) in [6, 6.07) is 0. The van der Waals surface area contributed by atoms with Crippen molar-refractivity contribution in [1.29, 1.82) is 0 Å². The molecule has 2 aliphatic carbocycles. The van der Waals surface area contributed by atoms with Crippen molar-refractivity contribution in [2.45, 2.75) is 75.8 Å². The molecule has 6 heteroatoms. The van der Waals surface area contributed by atoms with Gasteiger partial charge >= 0.3 is 0 Å². The monoisotopic (exact) mass is 372 g/mol. The molecule has 0 aromatic heterocycles. The normalized spacial score (nSPS) is 29.4. The summed E-state index contributed by atoms with van der Waals surface area (Å²) in [5, 5.41) is 9.86.